The standard InChI is InChI=1S/C23H24N4O6/c1-12-18(20(28)26(24-12)16-7-3-14(4-8-16)22(30)31)11-19-13(2)25-27(21(19)29)17-9-5-15(6-10-17)23(32)33/h3-4,7-8,11,15,17,24H,5-6,9-10H2,1-2H3,(H,30,31)(H,32,33). The van der Waals surface area contributed by atoms with E-state index in [2.05, 4.69) is 10.2 Å². The van der Waals surface area contributed by atoms with Crippen molar-refractivity contribution in [3.63, 3.8) is 0 Å². The number of benzene rings is 1. The molecule has 0 radical (unpaired) electrons. The maximum Gasteiger partial charge on any atom is 0.335 e. The van der Waals surface area contributed by atoms with Crippen molar-refractivity contribution in [1.29, 1.82) is 0 Å². The van der Waals surface area contributed by atoms with Crippen molar-refractivity contribution >= 4 is 29.6 Å². The largest absolute Gasteiger partial charge is 0.481 e. The SMILES string of the molecule is CC1=NN(C2CCC(C(=O)O)CC2)C(=O)C1=Cc1c(C)[nH]n(-c2ccc(C(=O)O)cc2)c1=O. The number of nitrogens with zero attached hydrogens (tertiary/aromatic N) is 3. The molecule has 10 nitrogen and oxygen atoms in total. The average Bonchev–Trinajstić information content (AvgIpc) is 3.24. The molecule has 172 valence electrons. The number of aromatic carboxylic acids is 1. The zero-order chi connectivity index (χ0) is 23.9. The van der Waals surface area contributed by atoms with Crippen molar-refractivity contribution in [2.75, 3.05) is 0 Å². The lowest BCUT2D eigenvalue weighted by atomic mass is 9.86. The molecule has 1 fully saturated rings. The van der Waals surface area contributed by atoms with Gasteiger partial charge in [0, 0.05) is 5.69 Å². The summed E-state index contributed by atoms with van der Waals surface area (Å²) in [4.78, 5) is 48.4. The van der Waals surface area contributed by atoms with E-state index in [4.69, 9.17) is 5.11 Å². The second kappa shape index (κ2) is 8.53. The summed E-state index contributed by atoms with van der Waals surface area (Å²) in [5, 5.41) is 27.0. The first-order chi connectivity index (χ1) is 15.7. The zero-order valence-corrected chi connectivity index (χ0v) is 18.2. The summed E-state index contributed by atoms with van der Waals surface area (Å²) >= 11 is 0. The Labute approximate surface area is 188 Å². The third-order valence-electron chi connectivity index (χ3n) is 6.26. The molecule has 0 atom stereocenters. The molecule has 1 amide bonds. The van der Waals surface area contributed by atoms with Gasteiger partial charge in [-0.25, -0.2) is 14.5 Å². The van der Waals surface area contributed by atoms with Crippen molar-refractivity contribution in [3.05, 3.63) is 57.0 Å². The number of carbonyl (C=O) groups is 3. The summed E-state index contributed by atoms with van der Waals surface area (Å²) in [5.41, 5.74) is 1.89. The number of carboxylic acid groups (broad SMARTS) is 2. The molecule has 3 N–H and O–H groups in total. The molecule has 0 unspecified atom stereocenters. The van der Waals surface area contributed by atoms with E-state index in [1.165, 1.54) is 40.0 Å². The third-order valence-corrected chi connectivity index (χ3v) is 6.26. The minimum atomic E-state index is -1.06. The Bertz CT molecular complexity index is 1240. The zero-order valence-electron chi connectivity index (χ0n) is 18.2. The highest BCUT2D eigenvalue weighted by atomic mass is 16.4. The highest BCUT2D eigenvalue weighted by molar-refractivity contribution is 6.26. The molecule has 0 saturated heterocycles. The number of carboxylic acids is 2. The Morgan fingerprint density at radius 1 is 1.06 bits per heavy atom. The van der Waals surface area contributed by atoms with Gasteiger partial charge in [0.1, 0.15) is 0 Å². The van der Waals surface area contributed by atoms with Crippen molar-refractivity contribution in [2.24, 2.45) is 11.0 Å². The van der Waals surface area contributed by atoms with Crippen molar-refractivity contribution in [1.82, 2.24) is 14.8 Å². The quantitative estimate of drug-likeness (QED) is 0.594. The molecule has 2 heterocycles. The minimum Gasteiger partial charge on any atom is -0.481 e. The smallest absolute Gasteiger partial charge is 0.335 e. The summed E-state index contributed by atoms with van der Waals surface area (Å²) in [6.45, 7) is 3.42. The van der Waals surface area contributed by atoms with Crippen LogP contribution in [0.4, 0.5) is 0 Å². The second-order valence-electron chi connectivity index (χ2n) is 8.38. The number of hydrazone groups is 1. The van der Waals surface area contributed by atoms with Gasteiger partial charge in [-0.2, -0.15) is 5.10 Å². The predicted molar refractivity (Wildman–Crippen MR) is 119 cm³/mol. The van der Waals surface area contributed by atoms with Gasteiger partial charge in [-0.3, -0.25) is 19.5 Å². The van der Waals surface area contributed by atoms with Crippen LogP contribution in [-0.4, -0.2) is 54.6 Å². The summed E-state index contributed by atoms with van der Waals surface area (Å²) in [6, 6.07) is 5.71. The highest BCUT2D eigenvalue weighted by Gasteiger charge is 2.36. The Morgan fingerprint density at radius 3 is 2.27 bits per heavy atom. The molecule has 1 aromatic carbocycles. The Balaban J connectivity index is 1.59. The van der Waals surface area contributed by atoms with Gasteiger partial charge in [0.15, 0.2) is 0 Å². The molecule has 0 spiro atoms. The van der Waals surface area contributed by atoms with Crippen LogP contribution in [0.2, 0.25) is 0 Å². The first-order valence-electron chi connectivity index (χ1n) is 10.7. The number of hydrogen-bond acceptors (Lipinski definition) is 5. The van der Waals surface area contributed by atoms with Crippen LogP contribution in [-0.2, 0) is 9.59 Å². The van der Waals surface area contributed by atoms with E-state index in [0.29, 0.717) is 53.9 Å². The highest BCUT2D eigenvalue weighted by Crippen LogP contribution is 2.31. The number of aromatic amines is 1. The van der Waals surface area contributed by atoms with Crippen LogP contribution >= 0.6 is 0 Å². The van der Waals surface area contributed by atoms with Crippen molar-refractivity contribution in [3.8, 4) is 5.69 Å². The van der Waals surface area contributed by atoms with E-state index < -0.39 is 11.9 Å². The molecule has 1 saturated carbocycles. The number of rotatable bonds is 5. The van der Waals surface area contributed by atoms with E-state index >= 15 is 0 Å². The first-order valence-corrected chi connectivity index (χ1v) is 10.7. The van der Waals surface area contributed by atoms with Crippen LogP contribution in [0.15, 0.2) is 39.7 Å². The lowest BCUT2D eigenvalue weighted by molar-refractivity contribution is -0.143. The van der Waals surface area contributed by atoms with E-state index in [9.17, 15) is 24.3 Å². The van der Waals surface area contributed by atoms with E-state index in [1.807, 2.05) is 0 Å². The maximum atomic E-state index is 13.1. The molecular weight excluding hydrogens is 428 g/mol. The fourth-order valence-electron chi connectivity index (χ4n) is 4.33. The summed E-state index contributed by atoms with van der Waals surface area (Å²) < 4.78 is 1.30. The van der Waals surface area contributed by atoms with Crippen LogP contribution in [0, 0.1) is 12.8 Å². The van der Waals surface area contributed by atoms with Gasteiger partial charge in [0.05, 0.1) is 40.1 Å². The molecule has 0 bridgehead atoms. The number of hydrogen-bond donors (Lipinski definition) is 3. The molecule has 1 aromatic heterocycles. The number of aryl methyl sites for hydroxylation is 1. The first kappa shape index (κ1) is 22.3. The topological polar surface area (TPSA) is 145 Å². The lowest BCUT2D eigenvalue weighted by Gasteiger charge is -2.30. The summed E-state index contributed by atoms with van der Waals surface area (Å²) in [6.07, 6.45) is 3.66. The van der Waals surface area contributed by atoms with Gasteiger partial charge >= 0.3 is 11.9 Å². The molecule has 33 heavy (non-hydrogen) atoms. The van der Waals surface area contributed by atoms with Gasteiger partial charge < -0.3 is 10.2 Å². The third kappa shape index (κ3) is 4.11. The van der Waals surface area contributed by atoms with Crippen LogP contribution in [0.1, 0.15) is 54.2 Å². The van der Waals surface area contributed by atoms with E-state index in [-0.39, 0.29) is 29.0 Å². The molecule has 2 aliphatic rings. The number of nitrogens with one attached hydrogen (secondary N) is 1. The van der Waals surface area contributed by atoms with Crippen LogP contribution < -0.4 is 5.56 Å². The summed E-state index contributed by atoms with van der Waals surface area (Å²) in [5.74, 6) is -2.55. The van der Waals surface area contributed by atoms with Gasteiger partial charge in [-0.05, 0) is 69.9 Å². The molecule has 4 rings (SSSR count). The number of H-pyrrole nitrogens is 1. The van der Waals surface area contributed by atoms with Gasteiger partial charge in [0.25, 0.3) is 11.5 Å². The normalized spacial score (nSPS) is 22.0. The second-order valence-corrected chi connectivity index (χ2v) is 8.38. The van der Waals surface area contributed by atoms with E-state index in [0.717, 1.165) is 0 Å². The van der Waals surface area contributed by atoms with Crippen LogP contribution in [0.25, 0.3) is 11.8 Å². The maximum absolute atomic E-state index is 13.1. The predicted octanol–water partition coefficient (Wildman–Crippen LogP) is 2.42. The fourth-order valence-corrected chi connectivity index (χ4v) is 4.33. The van der Waals surface area contributed by atoms with Gasteiger partial charge in [-0.1, -0.05) is 0 Å². The Hall–Kier alpha value is -3.95. The molecule has 10 heteroatoms. The fraction of sp³-hybridized carbons (Fsp3) is 0.348. The molecule has 1 aliphatic carbocycles. The Morgan fingerprint density at radius 2 is 1.70 bits per heavy atom. The lowest BCUT2D eigenvalue weighted by Crippen LogP contribution is -2.37. The molecule has 2 aromatic rings. The van der Waals surface area contributed by atoms with Crippen LogP contribution in [0.3, 0.4) is 0 Å². The van der Waals surface area contributed by atoms with Crippen LogP contribution in [0.5, 0.6) is 0 Å². The number of amides is 1. The van der Waals surface area contributed by atoms with Crippen molar-refractivity contribution in [2.45, 2.75) is 45.6 Å². The van der Waals surface area contributed by atoms with Gasteiger partial charge in [0.2, 0.25) is 0 Å². The van der Waals surface area contributed by atoms with Crippen molar-refractivity contribution < 1.29 is 24.6 Å². The minimum absolute atomic E-state index is 0.110. The van der Waals surface area contributed by atoms with Gasteiger partial charge in [-0.15, -0.1) is 0 Å². The number of carbonyl (C=O) groups excluding carboxylic acids is 1. The number of aromatic nitrogens is 2. The average molecular weight is 452 g/mol. The number of aliphatic carboxylic acids is 1. The molecule has 1 aliphatic heterocycles. The monoisotopic (exact) mass is 452 g/mol. The Kier molecular flexibility index (Phi) is 5.75. The molecular formula is C23H24N4O6. The summed E-state index contributed by atoms with van der Waals surface area (Å²) in [7, 11) is 0. The van der Waals surface area contributed by atoms with E-state index in [1.54, 1.807) is 13.8 Å².